The lowest BCUT2D eigenvalue weighted by Crippen LogP contribution is -2.22. The summed E-state index contributed by atoms with van der Waals surface area (Å²) in [4.78, 5) is 11.8. The monoisotopic (exact) mass is 323 g/mol. The molecule has 0 radical (unpaired) electrons. The molecule has 1 aromatic carbocycles. The van der Waals surface area contributed by atoms with Crippen LogP contribution in [-0.4, -0.2) is 15.7 Å². The minimum atomic E-state index is -0.213. The van der Waals surface area contributed by atoms with E-state index in [0.717, 1.165) is 11.3 Å². The van der Waals surface area contributed by atoms with Crippen LogP contribution in [0.4, 0.5) is 0 Å². The molecule has 0 spiro atoms. The largest absolute Gasteiger partial charge is 0.347 e. The summed E-state index contributed by atoms with van der Waals surface area (Å²) in [6, 6.07) is 7.32. The molecule has 2 aromatic rings. The Hall–Kier alpha value is -1.78. The second-order valence-corrected chi connectivity index (χ2v) is 5.14. The predicted molar refractivity (Wildman–Crippen MR) is 85.2 cm³/mol. The summed E-state index contributed by atoms with van der Waals surface area (Å²) in [5.41, 5.74) is 1.59. The molecule has 0 unspecified atom stereocenters. The standard InChI is InChI=1S/C15H15Cl2N3O/c1-2-20-14(13(17)9-19-20)10-18-15(21)8-7-11-5-3-4-6-12(11)16/h3-9H,2,10H2,1H3,(H,18,21)/b8-7+. The fraction of sp³-hybridized carbons (Fsp3) is 0.200. The molecule has 21 heavy (non-hydrogen) atoms. The van der Waals surface area contributed by atoms with Crippen molar-refractivity contribution >= 4 is 35.2 Å². The minimum Gasteiger partial charge on any atom is -0.347 e. The molecule has 1 aromatic heterocycles. The molecular formula is C15H15Cl2N3O. The lowest BCUT2D eigenvalue weighted by atomic mass is 10.2. The maximum Gasteiger partial charge on any atom is 0.244 e. The second kappa shape index (κ2) is 7.29. The van der Waals surface area contributed by atoms with Crippen molar-refractivity contribution in [3.8, 4) is 0 Å². The average Bonchev–Trinajstić information content (AvgIpc) is 2.84. The number of aryl methyl sites for hydroxylation is 1. The van der Waals surface area contributed by atoms with E-state index in [4.69, 9.17) is 23.2 Å². The number of nitrogens with zero attached hydrogens (tertiary/aromatic N) is 2. The SMILES string of the molecule is CCn1ncc(Cl)c1CNC(=O)/C=C/c1ccccc1Cl. The van der Waals surface area contributed by atoms with Crippen LogP contribution in [-0.2, 0) is 17.9 Å². The van der Waals surface area contributed by atoms with Gasteiger partial charge in [0, 0.05) is 17.6 Å². The topological polar surface area (TPSA) is 46.9 Å². The molecule has 0 aliphatic rings. The smallest absolute Gasteiger partial charge is 0.244 e. The molecule has 0 aliphatic carbocycles. The molecule has 0 atom stereocenters. The summed E-state index contributed by atoms with van der Waals surface area (Å²) >= 11 is 12.0. The number of nitrogens with one attached hydrogen (secondary N) is 1. The van der Waals surface area contributed by atoms with Gasteiger partial charge in [0.1, 0.15) is 0 Å². The van der Waals surface area contributed by atoms with Gasteiger partial charge in [-0.3, -0.25) is 9.48 Å². The molecule has 110 valence electrons. The molecule has 1 heterocycles. The van der Waals surface area contributed by atoms with E-state index in [2.05, 4.69) is 10.4 Å². The Labute approximate surface area is 133 Å². The molecular weight excluding hydrogens is 309 g/mol. The molecule has 1 amide bonds. The Balaban J connectivity index is 1.96. The first-order chi connectivity index (χ1) is 10.1. The third-order valence-electron chi connectivity index (χ3n) is 2.95. The summed E-state index contributed by atoms with van der Waals surface area (Å²) in [6.45, 7) is 3.00. The number of hydrogen-bond acceptors (Lipinski definition) is 2. The predicted octanol–water partition coefficient (Wildman–Crippen LogP) is 3.54. The lowest BCUT2D eigenvalue weighted by molar-refractivity contribution is -0.116. The Bertz CT molecular complexity index is 665. The average molecular weight is 324 g/mol. The first-order valence-corrected chi connectivity index (χ1v) is 7.28. The molecule has 6 heteroatoms. The lowest BCUT2D eigenvalue weighted by Gasteiger charge is -2.06. The van der Waals surface area contributed by atoms with E-state index in [1.54, 1.807) is 23.0 Å². The Morgan fingerprint density at radius 1 is 1.33 bits per heavy atom. The van der Waals surface area contributed by atoms with E-state index in [-0.39, 0.29) is 5.91 Å². The summed E-state index contributed by atoms with van der Waals surface area (Å²) in [5.74, 6) is -0.213. The number of amides is 1. The molecule has 4 nitrogen and oxygen atoms in total. The van der Waals surface area contributed by atoms with Gasteiger partial charge >= 0.3 is 0 Å². The van der Waals surface area contributed by atoms with Crippen molar-refractivity contribution < 1.29 is 4.79 Å². The first-order valence-electron chi connectivity index (χ1n) is 6.52. The minimum absolute atomic E-state index is 0.213. The maximum atomic E-state index is 11.8. The van der Waals surface area contributed by atoms with Crippen molar-refractivity contribution in [3.05, 3.63) is 57.8 Å². The van der Waals surface area contributed by atoms with Gasteiger partial charge in [-0.1, -0.05) is 41.4 Å². The zero-order valence-electron chi connectivity index (χ0n) is 11.5. The van der Waals surface area contributed by atoms with Crippen LogP contribution in [0.1, 0.15) is 18.2 Å². The van der Waals surface area contributed by atoms with Crippen molar-refractivity contribution in [2.24, 2.45) is 0 Å². The van der Waals surface area contributed by atoms with Gasteiger partial charge in [-0.05, 0) is 24.6 Å². The van der Waals surface area contributed by atoms with E-state index >= 15 is 0 Å². The van der Waals surface area contributed by atoms with Crippen molar-refractivity contribution in [3.63, 3.8) is 0 Å². The maximum absolute atomic E-state index is 11.8. The Morgan fingerprint density at radius 2 is 2.10 bits per heavy atom. The fourth-order valence-electron chi connectivity index (χ4n) is 1.84. The zero-order valence-corrected chi connectivity index (χ0v) is 13.0. The molecule has 1 N–H and O–H groups in total. The number of hydrogen-bond donors (Lipinski definition) is 1. The summed E-state index contributed by atoms with van der Waals surface area (Å²) < 4.78 is 1.75. The van der Waals surface area contributed by atoms with Crippen molar-refractivity contribution in [2.75, 3.05) is 0 Å². The van der Waals surface area contributed by atoms with Gasteiger partial charge in [-0.15, -0.1) is 0 Å². The van der Waals surface area contributed by atoms with Crippen LogP contribution in [0.5, 0.6) is 0 Å². The van der Waals surface area contributed by atoms with Gasteiger partial charge in [-0.25, -0.2) is 0 Å². The van der Waals surface area contributed by atoms with Crippen molar-refractivity contribution in [2.45, 2.75) is 20.0 Å². The van der Waals surface area contributed by atoms with Gasteiger partial charge in [-0.2, -0.15) is 5.10 Å². The molecule has 0 bridgehead atoms. The van der Waals surface area contributed by atoms with Crippen LogP contribution in [0.25, 0.3) is 6.08 Å². The van der Waals surface area contributed by atoms with Gasteiger partial charge < -0.3 is 5.32 Å². The number of carbonyl (C=O) groups excluding carboxylic acids is 1. The summed E-state index contributed by atoms with van der Waals surface area (Å²) in [7, 11) is 0. The Morgan fingerprint density at radius 3 is 2.81 bits per heavy atom. The van der Waals surface area contributed by atoms with Gasteiger partial charge in [0.05, 0.1) is 23.5 Å². The quantitative estimate of drug-likeness (QED) is 0.855. The van der Waals surface area contributed by atoms with Crippen LogP contribution >= 0.6 is 23.2 Å². The number of benzene rings is 1. The van der Waals surface area contributed by atoms with Crippen molar-refractivity contribution in [1.82, 2.24) is 15.1 Å². The third kappa shape index (κ3) is 4.09. The van der Waals surface area contributed by atoms with Gasteiger partial charge in [0.15, 0.2) is 0 Å². The number of aromatic nitrogens is 2. The van der Waals surface area contributed by atoms with Crippen LogP contribution < -0.4 is 5.32 Å². The molecule has 0 saturated heterocycles. The Kier molecular flexibility index (Phi) is 5.42. The highest BCUT2D eigenvalue weighted by atomic mass is 35.5. The number of halogens is 2. The van der Waals surface area contributed by atoms with Gasteiger partial charge in [0.25, 0.3) is 0 Å². The molecule has 0 aliphatic heterocycles. The van der Waals surface area contributed by atoms with E-state index in [1.807, 2.05) is 25.1 Å². The zero-order chi connectivity index (χ0) is 15.2. The molecule has 0 saturated carbocycles. The van der Waals surface area contributed by atoms with E-state index in [9.17, 15) is 4.79 Å². The highest BCUT2D eigenvalue weighted by Gasteiger charge is 2.08. The third-order valence-corrected chi connectivity index (χ3v) is 3.61. The highest BCUT2D eigenvalue weighted by Crippen LogP contribution is 2.16. The van der Waals surface area contributed by atoms with E-state index in [0.29, 0.717) is 23.1 Å². The number of carbonyl (C=O) groups is 1. The second-order valence-electron chi connectivity index (χ2n) is 4.33. The van der Waals surface area contributed by atoms with E-state index in [1.165, 1.54) is 6.08 Å². The van der Waals surface area contributed by atoms with Gasteiger partial charge in [0.2, 0.25) is 5.91 Å². The molecule has 2 rings (SSSR count). The van der Waals surface area contributed by atoms with Crippen LogP contribution in [0.3, 0.4) is 0 Å². The normalized spacial score (nSPS) is 11.0. The van der Waals surface area contributed by atoms with Crippen LogP contribution in [0.15, 0.2) is 36.5 Å². The van der Waals surface area contributed by atoms with Crippen molar-refractivity contribution in [1.29, 1.82) is 0 Å². The summed E-state index contributed by atoms with van der Waals surface area (Å²) in [5, 5.41) is 8.05. The first kappa shape index (κ1) is 15.6. The number of rotatable bonds is 5. The van der Waals surface area contributed by atoms with Crippen LogP contribution in [0, 0.1) is 0 Å². The van der Waals surface area contributed by atoms with E-state index < -0.39 is 0 Å². The highest BCUT2D eigenvalue weighted by molar-refractivity contribution is 6.32. The molecule has 0 fully saturated rings. The van der Waals surface area contributed by atoms with Crippen LogP contribution in [0.2, 0.25) is 10.0 Å². The fourth-order valence-corrected chi connectivity index (χ4v) is 2.25. The summed E-state index contributed by atoms with van der Waals surface area (Å²) in [6.07, 6.45) is 4.70.